The Morgan fingerprint density at radius 2 is 2.15 bits per heavy atom. The Morgan fingerprint density at radius 1 is 1.45 bits per heavy atom. The normalized spacial score (nSPS) is 23.4. The van der Waals surface area contributed by atoms with Gasteiger partial charge in [0.1, 0.15) is 12.2 Å². The summed E-state index contributed by atoms with van der Waals surface area (Å²) in [6, 6.07) is 1.57. The maximum Gasteiger partial charge on any atom is 0.329 e. The predicted octanol–water partition coefficient (Wildman–Crippen LogP) is 2.36. The largest absolute Gasteiger partial charge is 0.472 e. The number of ether oxygens (including phenoxy) is 2. The highest BCUT2D eigenvalue weighted by molar-refractivity contribution is 6.07. The number of cyclic esters (lactones) is 1. The van der Waals surface area contributed by atoms with Gasteiger partial charge in [0.15, 0.2) is 5.41 Å². The highest BCUT2D eigenvalue weighted by Gasteiger charge is 2.54. The van der Waals surface area contributed by atoms with Gasteiger partial charge in [0.25, 0.3) is 0 Å². The van der Waals surface area contributed by atoms with Gasteiger partial charge in [-0.15, -0.1) is 0 Å². The van der Waals surface area contributed by atoms with E-state index in [1.165, 1.54) is 12.5 Å². The molecule has 0 radical (unpaired) electrons. The first-order valence-electron chi connectivity index (χ1n) is 6.36. The van der Waals surface area contributed by atoms with Crippen LogP contribution in [0, 0.1) is 0 Å². The number of rotatable bonds is 2. The Bertz CT molecular complexity index is 535. The summed E-state index contributed by atoms with van der Waals surface area (Å²) in [5.41, 5.74) is -1.13. The van der Waals surface area contributed by atoms with E-state index in [0.717, 1.165) is 0 Å². The molecule has 1 aliphatic rings. The molecule has 108 valence electrons. The van der Waals surface area contributed by atoms with Gasteiger partial charge in [-0.1, -0.05) is 6.58 Å². The molecule has 0 saturated carbocycles. The molecule has 0 amide bonds. The van der Waals surface area contributed by atoms with Crippen LogP contribution in [0.2, 0.25) is 0 Å². The average Bonchev–Trinajstić information content (AvgIpc) is 2.83. The summed E-state index contributed by atoms with van der Waals surface area (Å²) in [7, 11) is 0. The summed E-state index contributed by atoms with van der Waals surface area (Å²) in [6.07, 6.45) is 2.94. The van der Waals surface area contributed by atoms with Crippen molar-refractivity contribution in [2.24, 2.45) is 0 Å². The molecule has 5 heteroatoms. The van der Waals surface area contributed by atoms with Crippen LogP contribution in [0.4, 0.5) is 0 Å². The van der Waals surface area contributed by atoms with Crippen LogP contribution < -0.4 is 0 Å². The lowest BCUT2D eigenvalue weighted by atomic mass is 9.75. The van der Waals surface area contributed by atoms with Crippen molar-refractivity contribution in [3.05, 3.63) is 36.3 Å². The molecular formula is C15H18O5. The number of furan rings is 1. The van der Waals surface area contributed by atoms with Crippen LogP contribution in [0.5, 0.6) is 0 Å². The van der Waals surface area contributed by atoms with Crippen molar-refractivity contribution < 1.29 is 23.5 Å². The summed E-state index contributed by atoms with van der Waals surface area (Å²) in [4.78, 5) is 24.9. The van der Waals surface area contributed by atoms with Crippen molar-refractivity contribution in [1.29, 1.82) is 0 Å². The predicted molar refractivity (Wildman–Crippen MR) is 70.9 cm³/mol. The van der Waals surface area contributed by atoms with Crippen molar-refractivity contribution in [3.63, 3.8) is 0 Å². The maximum absolute atomic E-state index is 12.6. The van der Waals surface area contributed by atoms with Crippen LogP contribution in [0.15, 0.2) is 35.2 Å². The molecule has 1 fully saturated rings. The van der Waals surface area contributed by atoms with E-state index in [4.69, 9.17) is 13.9 Å². The molecule has 1 atom stereocenters. The topological polar surface area (TPSA) is 65.7 Å². The Morgan fingerprint density at radius 3 is 2.70 bits per heavy atom. The summed E-state index contributed by atoms with van der Waals surface area (Å²) < 4.78 is 15.5. The SMILES string of the molecule is C=C1COC(=O)C(C(=O)OC(C)(C)C)(c2ccoc2)C1. The van der Waals surface area contributed by atoms with Crippen LogP contribution in [0.3, 0.4) is 0 Å². The second kappa shape index (κ2) is 4.81. The van der Waals surface area contributed by atoms with Crippen molar-refractivity contribution >= 4 is 11.9 Å². The van der Waals surface area contributed by atoms with E-state index < -0.39 is 23.0 Å². The van der Waals surface area contributed by atoms with E-state index in [9.17, 15) is 9.59 Å². The summed E-state index contributed by atoms with van der Waals surface area (Å²) >= 11 is 0. The highest BCUT2D eigenvalue weighted by Crippen LogP contribution is 2.38. The van der Waals surface area contributed by atoms with E-state index >= 15 is 0 Å². The van der Waals surface area contributed by atoms with Crippen molar-refractivity contribution in [1.82, 2.24) is 0 Å². The van der Waals surface area contributed by atoms with E-state index in [2.05, 4.69) is 6.58 Å². The third kappa shape index (κ3) is 2.48. The first-order valence-corrected chi connectivity index (χ1v) is 6.36. The Labute approximate surface area is 117 Å². The minimum absolute atomic E-state index is 0.126. The molecule has 5 nitrogen and oxygen atoms in total. The maximum atomic E-state index is 12.6. The second-order valence-corrected chi connectivity index (χ2v) is 5.92. The molecule has 1 unspecified atom stereocenters. The van der Waals surface area contributed by atoms with Crippen LogP contribution in [-0.4, -0.2) is 24.1 Å². The summed E-state index contributed by atoms with van der Waals surface area (Å²) in [6.45, 7) is 9.18. The molecule has 0 bridgehead atoms. The molecule has 0 aliphatic carbocycles. The molecule has 1 aliphatic heterocycles. The number of carbonyl (C=O) groups is 2. The van der Waals surface area contributed by atoms with Gasteiger partial charge in [-0.3, -0.25) is 9.59 Å². The van der Waals surface area contributed by atoms with Gasteiger partial charge in [0, 0.05) is 12.0 Å². The first-order chi connectivity index (χ1) is 9.25. The lowest BCUT2D eigenvalue weighted by Crippen LogP contribution is -2.51. The molecule has 0 N–H and O–H groups in total. The quantitative estimate of drug-likeness (QED) is 0.472. The summed E-state index contributed by atoms with van der Waals surface area (Å²) in [5.74, 6) is -1.27. The standard InChI is InChI=1S/C15H18O5/c1-10-7-15(12(16)19-8-10,11-5-6-18-9-11)13(17)20-14(2,3)4/h5-6,9H,1,7-8H2,2-4H3. The van der Waals surface area contributed by atoms with Gasteiger partial charge >= 0.3 is 11.9 Å². The van der Waals surface area contributed by atoms with Gasteiger partial charge in [0.2, 0.25) is 0 Å². The number of hydrogen-bond acceptors (Lipinski definition) is 5. The lowest BCUT2D eigenvalue weighted by molar-refractivity contribution is -0.174. The number of carbonyl (C=O) groups excluding carboxylic acids is 2. The fourth-order valence-electron chi connectivity index (χ4n) is 2.15. The van der Waals surface area contributed by atoms with E-state index in [1.54, 1.807) is 26.8 Å². The van der Waals surface area contributed by atoms with E-state index in [0.29, 0.717) is 11.1 Å². The molecule has 0 spiro atoms. The Hall–Kier alpha value is -2.04. The van der Waals surface area contributed by atoms with Gasteiger partial charge in [-0.25, -0.2) is 0 Å². The zero-order valence-electron chi connectivity index (χ0n) is 11.9. The Kier molecular flexibility index (Phi) is 3.46. The van der Waals surface area contributed by atoms with Gasteiger partial charge in [-0.05, 0) is 32.4 Å². The molecular weight excluding hydrogens is 260 g/mol. The van der Waals surface area contributed by atoms with Crippen LogP contribution >= 0.6 is 0 Å². The highest BCUT2D eigenvalue weighted by atomic mass is 16.6. The van der Waals surface area contributed by atoms with Crippen molar-refractivity contribution in [2.75, 3.05) is 6.61 Å². The molecule has 1 saturated heterocycles. The zero-order chi connectivity index (χ0) is 15.0. The monoisotopic (exact) mass is 278 g/mol. The lowest BCUT2D eigenvalue weighted by Gasteiger charge is -2.35. The second-order valence-electron chi connectivity index (χ2n) is 5.92. The zero-order valence-corrected chi connectivity index (χ0v) is 11.9. The van der Waals surface area contributed by atoms with Gasteiger partial charge in [-0.2, -0.15) is 0 Å². The first kappa shape index (κ1) is 14.4. The van der Waals surface area contributed by atoms with E-state index in [1.807, 2.05) is 0 Å². The van der Waals surface area contributed by atoms with Crippen LogP contribution in [0.1, 0.15) is 32.8 Å². The minimum atomic E-state index is -1.52. The van der Waals surface area contributed by atoms with Crippen molar-refractivity contribution in [2.45, 2.75) is 38.2 Å². The summed E-state index contributed by atoms with van der Waals surface area (Å²) in [5, 5.41) is 0. The van der Waals surface area contributed by atoms with Crippen LogP contribution in [-0.2, 0) is 24.5 Å². The smallest absolute Gasteiger partial charge is 0.329 e. The van der Waals surface area contributed by atoms with Crippen LogP contribution in [0.25, 0.3) is 0 Å². The molecule has 2 rings (SSSR count). The number of hydrogen-bond donors (Lipinski definition) is 0. The number of esters is 2. The van der Waals surface area contributed by atoms with E-state index in [-0.39, 0.29) is 13.0 Å². The molecule has 1 aromatic rings. The molecule has 2 heterocycles. The van der Waals surface area contributed by atoms with Crippen molar-refractivity contribution in [3.8, 4) is 0 Å². The molecule has 1 aromatic heterocycles. The third-order valence-corrected chi connectivity index (χ3v) is 3.03. The fourth-order valence-corrected chi connectivity index (χ4v) is 2.15. The van der Waals surface area contributed by atoms with Gasteiger partial charge in [0.05, 0.1) is 12.5 Å². The molecule has 20 heavy (non-hydrogen) atoms. The van der Waals surface area contributed by atoms with Gasteiger partial charge < -0.3 is 13.9 Å². The third-order valence-electron chi connectivity index (χ3n) is 3.03. The fraction of sp³-hybridized carbons (Fsp3) is 0.467. The minimum Gasteiger partial charge on any atom is -0.472 e. The Balaban J connectivity index is 2.47. The molecule has 0 aromatic carbocycles. The average molecular weight is 278 g/mol.